The predicted octanol–water partition coefficient (Wildman–Crippen LogP) is 2.07. The van der Waals surface area contributed by atoms with Crippen molar-refractivity contribution in [2.45, 2.75) is 13.0 Å². The highest BCUT2D eigenvalue weighted by Gasteiger charge is 2.03. The van der Waals surface area contributed by atoms with Crippen LogP contribution in [0.3, 0.4) is 0 Å². The SMILES string of the molecule is O=C(CCn1cccn1)Nc1ccc(Br)cn1. The van der Waals surface area contributed by atoms with Crippen LogP contribution in [0.4, 0.5) is 5.82 Å². The molecule has 2 heterocycles. The zero-order chi connectivity index (χ0) is 12.1. The van der Waals surface area contributed by atoms with Crippen molar-refractivity contribution < 1.29 is 4.79 Å². The van der Waals surface area contributed by atoms with E-state index in [-0.39, 0.29) is 5.91 Å². The summed E-state index contributed by atoms with van der Waals surface area (Å²) >= 11 is 3.28. The minimum Gasteiger partial charge on any atom is -0.311 e. The highest BCUT2D eigenvalue weighted by Crippen LogP contribution is 2.10. The van der Waals surface area contributed by atoms with Crippen molar-refractivity contribution in [2.24, 2.45) is 0 Å². The van der Waals surface area contributed by atoms with Gasteiger partial charge in [-0.2, -0.15) is 5.10 Å². The summed E-state index contributed by atoms with van der Waals surface area (Å²) in [5.74, 6) is 0.481. The Kier molecular flexibility index (Phi) is 3.87. The second-order valence-electron chi connectivity index (χ2n) is 3.43. The summed E-state index contributed by atoms with van der Waals surface area (Å²) in [6.07, 6.45) is 5.53. The lowest BCUT2D eigenvalue weighted by molar-refractivity contribution is -0.116. The Hall–Kier alpha value is -1.69. The number of hydrogen-bond donors (Lipinski definition) is 1. The van der Waals surface area contributed by atoms with Crippen LogP contribution < -0.4 is 5.32 Å². The van der Waals surface area contributed by atoms with Crippen molar-refractivity contribution in [3.63, 3.8) is 0 Å². The first-order valence-corrected chi connectivity index (χ1v) is 5.92. The second kappa shape index (κ2) is 5.58. The van der Waals surface area contributed by atoms with E-state index >= 15 is 0 Å². The highest BCUT2D eigenvalue weighted by molar-refractivity contribution is 9.10. The van der Waals surface area contributed by atoms with Crippen molar-refractivity contribution in [3.8, 4) is 0 Å². The molecular weight excluding hydrogens is 284 g/mol. The van der Waals surface area contributed by atoms with Gasteiger partial charge in [-0.25, -0.2) is 4.98 Å². The maximum Gasteiger partial charge on any atom is 0.227 e. The fourth-order valence-electron chi connectivity index (χ4n) is 1.30. The van der Waals surface area contributed by atoms with E-state index in [1.807, 2.05) is 18.3 Å². The number of anilines is 1. The topological polar surface area (TPSA) is 59.8 Å². The number of hydrogen-bond acceptors (Lipinski definition) is 3. The van der Waals surface area contributed by atoms with Gasteiger partial charge in [-0.1, -0.05) is 0 Å². The van der Waals surface area contributed by atoms with Crippen molar-refractivity contribution >= 4 is 27.7 Å². The first-order chi connectivity index (χ1) is 8.24. The fourth-order valence-corrected chi connectivity index (χ4v) is 1.54. The normalized spacial score (nSPS) is 10.2. The monoisotopic (exact) mass is 294 g/mol. The minimum absolute atomic E-state index is 0.0738. The van der Waals surface area contributed by atoms with Gasteiger partial charge in [0.2, 0.25) is 5.91 Å². The maximum atomic E-state index is 11.6. The number of aromatic nitrogens is 3. The number of carbonyl (C=O) groups is 1. The average molecular weight is 295 g/mol. The number of amides is 1. The van der Waals surface area contributed by atoms with Gasteiger partial charge in [-0.15, -0.1) is 0 Å². The van der Waals surface area contributed by atoms with E-state index in [2.05, 4.69) is 31.3 Å². The Bertz CT molecular complexity index is 481. The molecule has 0 fully saturated rings. The largest absolute Gasteiger partial charge is 0.311 e. The Morgan fingerprint density at radius 3 is 3.00 bits per heavy atom. The van der Waals surface area contributed by atoms with Crippen LogP contribution in [0, 0.1) is 0 Å². The number of nitrogens with one attached hydrogen (secondary N) is 1. The van der Waals surface area contributed by atoms with Crippen LogP contribution in [-0.2, 0) is 11.3 Å². The number of rotatable bonds is 4. The molecule has 88 valence electrons. The summed E-state index contributed by atoms with van der Waals surface area (Å²) in [5.41, 5.74) is 0. The molecule has 1 amide bonds. The lowest BCUT2D eigenvalue weighted by Gasteiger charge is -2.04. The van der Waals surface area contributed by atoms with Crippen LogP contribution in [0.2, 0.25) is 0 Å². The molecule has 17 heavy (non-hydrogen) atoms. The standard InChI is InChI=1S/C11H11BrN4O/c12-9-2-3-10(13-8-9)15-11(17)4-7-16-6-1-5-14-16/h1-3,5-6,8H,4,7H2,(H,13,15,17). The molecule has 0 saturated heterocycles. The molecule has 1 N–H and O–H groups in total. The van der Waals surface area contributed by atoms with E-state index < -0.39 is 0 Å². The Balaban J connectivity index is 1.83. The van der Waals surface area contributed by atoms with E-state index in [0.29, 0.717) is 18.8 Å². The van der Waals surface area contributed by atoms with Gasteiger partial charge in [-0.05, 0) is 34.1 Å². The molecule has 0 radical (unpaired) electrons. The fraction of sp³-hybridized carbons (Fsp3) is 0.182. The summed E-state index contributed by atoms with van der Waals surface area (Å²) in [7, 11) is 0. The molecule has 5 nitrogen and oxygen atoms in total. The lowest BCUT2D eigenvalue weighted by Crippen LogP contribution is -2.15. The molecule has 0 aliphatic rings. The van der Waals surface area contributed by atoms with Gasteiger partial charge in [-0.3, -0.25) is 9.48 Å². The Labute approximate surface area is 107 Å². The molecule has 0 saturated carbocycles. The summed E-state index contributed by atoms with van der Waals surface area (Å²) < 4.78 is 2.60. The molecular formula is C11H11BrN4O. The molecule has 0 aromatic carbocycles. The zero-order valence-electron chi connectivity index (χ0n) is 9.01. The van der Waals surface area contributed by atoms with Crippen LogP contribution >= 0.6 is 15.9 Å². The number of halogens is 1. The Morgan fingerprint density at radius 1 is 1.47 bits per heavy atom. The molecule has 2 aromatic heterocycles. The first kappa shape index (κ1) is 11.8. The van der Waals surface area contributed by atoms with E-state index in [1.54, 1.807) is 23.1 Å². The number of pyridine rings is 1. The quantitative estimate of drug-likeness (QED) is 0.939. The van der Waals surface area contributed by atoms with Gasteiger partial charge in [0.25, 0.3) is 0 Å². The van der Waals surface area contributed by atoms with Crippen LogP contribution in [0.1, 0.15) is 6.42 Å². The third kappa shape index (κ3) is 3.67. The average Bonchev–Trinajstić information content (AvgIpc) is 2.83. The third-order valence-corrected chi connectivity index (χ3v) is 2.59. The summed E-state index contributed by atoms with van der Waals surface area (Å²) in [4.78, 5) is 15.7. The second-order valence-corrected chi connectivity index (χ2v) is 4.34. The summed E-state index contributed by atoms with van der Waals surface area (Å²) in [6.45, 7) is 0.565. The number of carbonyl (C=O) groups excluding carboxylic acids is 1. The van der Waals surface area contributed by atoms with Crippen LogP contribution in [0.15, 0.2) is 41.3 Å². The van der Waals surface area contributed by atoms with Crippen LogP contribution in [0.25, 0.3) is 0 Å². The predicted molar refractivity (Wildman–Crippen MR) is 67.4 cm³/mol. The van der Waals surface area contributed by atoms with Crippen molar-refractivity contribution in [3.05, 3.63) is 41.3 Å². The van der Waals surface area contributed by atoms with Crippen LogP contribution in [0.5, 0.6) is 0 Å². The van der Waals surface area contributed by atoms with E-state index in [0.717, 1.165) is 4.47 Å². The van der Waals surface area contributed by atoms with Gasteiger partial charge in [0, 0.05) is 36.0 Å². The lowest BCUT2D eigenvalue weighted by atomic mass is 10.4. The van der Waals surface area contributed by atoms with E-state index in [4.69, 9.17) is 0 Å². The van der Waals surface area contributed by atoms with Crippen molar-refractivity contribution in [1.82, 2.24) is 14.8 Å². The molecule has 2 rings (SSSR count). The molecule has 0 aliphatic carbocycles. The van der Waals surface area contributed by atoms with E-state index in [9.17, 15) is 4.79 Å². The highest BCUT2D eigenvalue weighted by atomic mass is 79.9. The number of nitrogens with zero attached hydrogens (tertiary/aromatic N) is 3. The van der Waals surface area contributed by atoms with Gasteiger partial charge >= 0.3 is 0 Å². The van der Waals surface area contributed by atoms with Gasteiger partial charge in [0.05, 0.1) is 0 Å². The molecule has 6 heteroatoms. The zero-order valence-corrected chi connectivity index (χ0v) is 10.6. The molecule has 0 unspecified atom stereocenters. The molecule has 0 aliphatic heterocycles. The molecule has 0 spiro atoms. The molecule has 0 bridgehead atoms. The van der Waals surface area contributed by atoms with Crippen molar-refractivity contribution in [1.29, 1.82) is 0 Å². The minimum atomic E-state index is -0.0738. The van der Waals surface area contributed by atoms with E-state index in [1.165, 1.54) is 0 Å². The third-order valence-electron chi connectivity index (χ3n) is 2.12. The smallest absolute Gasteiger partial charge is 0.227 e. The van der Waals surface area contributed by atoms with Gasteiger partial charge < -0.3 is 5.32 Å². The van der Waals surface area contributed by atoms with Gasteiger partial charge in [0.15, 0.2) is 0 Å². The van der Waals surface area contributed by atoms with Gasteiger partial charge in [0.1, 0.15) is 5.82 Å². The molecule has 2 aromatic rings. The summed E-state index contributed by atoms with van der Waals surface area (Å²) in [6, 6.07) is 5.40. The first-order valence-electron chi connectivity index (χ1n) is 5.13. The van der Waals surface area contributed by atoms with Crippen molar-refractivity contribution in [2.75, 3.05) is 5.32 Å². The van der Waals surface area contributed by atoms with Crippen LogP contribution in [-0.4, -0.2) is 20.7 Å². The number of aryl methyl sites for hydroxylation is 1. The summed E-state index contributed by atoms with van der Waals surface area (Å²) in [5, 5.41) is 6.74. The Morgan fingerprint density at radius 2 is 2.35 bits per heavy atom. The molecule has 0 atom stereocenters. The maximum absolute atomic E-state index is 11.6.